The van der Waals surface area contributed by atoms with E-state index < -0.39 is 0 Å². The van der Waals surface area contributed by atoms with Crippen LogP contribution in [0.4, 0.5) is 0 Å². The van der Waals surface area contributed by atoms with E-state index in [1.54, 1.807) is 0 Å². The summed E-state index contributed by atoms with van der Waals surface area (Å²) in [6, 6.07) is 8.20. The molecule has 0 saturated carbocycles. The Balaban J connectivity index is 2.29. The molecule has 1 rings (SSSR count). The highest BCUT2D eigenvalue weighted by atomic mass is 79.9. The molecule has 0 spiro atoms. The third-order valence-corrected chi connectivity index (χ3v) is 2.40. The van der Waals surface area contributed by atoms with Gasteiger partial charge in [-0.2, -0.15) is 0 Å². The van der Waals surface area contributed by atoms with Crippen molar-refractivity contribution in [3.8, 4) is 5.75 Å². The zero-order valence-electron chi connectivity index (χ0n) is 9.04. The Hall–Kier alpha value is -0.540. The monoisotopic (exact) mass is 272 g/mol. The Kier molecular flexibility index (Phi) is 6.44. The maximum absolute atomic E-state index is 5.50. The molecular formula is C12H17BrO2. The first-order valence-corrected chi connectivity index (χ1v) is 6.34. The Bertz CT molecular complexity index is 259. The second-order valence-corrected chi connectivity index (χ2v) is 3.92. The fourth-order valence-corrected chi connectivity index (χ4v) is 1.68. The number of aryl methyl sites for hydroxylation is 1. The van der Waals surface area contributed by atoms with Crippen molar-refractivity contribution in [2.45, 2.75) is 13.3 Å². The molecule has 2 nitrogen and oxygen atoms in total. The van der Waals surface area contributed by atoms with Crippen molar-refractivity contribution >= 4 is 15.9 Å². The summed E-state index contributed by atoms with van der Waals surface area (Å²) in [5.41, 5.74) is 1.32. The van der Waals surface area contributed by atoms with Crippen LogP contribution >= 0.6 is 15.9 Å². The van der Waals surface area contributed by atoms with Gasteiger partial charge in [-0.05, 0) is 31.0 Å². The molecule has 0 aliphatic carbocycles. The normalized spacial score (nSPS) is 10.3. The lowest BCUT2D eigenvalue weighted by Gasteiger charge is -2.06. The molecule has 0 aromatic heterocycles. The van der Waals surface area contributed by atoms with Gasteiger partial charge in [0.2, 0.25) is 0 Å². The van der Waals surface area contributed by atoms with Gasteiger partial charge in [0.25, 0.3) is 0 Å². The van der Waals surface area contributed by atoms with Crippen LogP contribution in [0.1, 0.15) is 12.5 Å². The molecule has 0 aliphatic heterocycles. The third kappa shape index (κ3) is 5.19. The molecule has 0 radical (unpaired) electrons. The van der Waals surface area contributed by atoms with E-state index in [0.29, 0.717) is 13.2 Å². The first-order valence-electron chi connectivity index (χ1n) is 5.22. The number of hydrogen-bond donors (Lipinski definition) is 0. The summed E-state index contributed by atoms with van der Waals surface area (Å²) >= 11 is 3.42. The van der Waals surface area contributed by atoms with Crippen LogP contribution in [0.5, 0.6) is 5.75 Å². The van der Waals surface area contributed by atoms with Crippen molar-refractivity contribution in [2.24, 2.45) is 0 Å². The molecule has 15 heavy (non-hydrogen) atoms. The van der Waals surface area contributed by atoms with Gasteiger partial charge >= 0.3 is 0 Å². The Morgan fingerprint density at radius 2 is 1.87 bits per heavy atom. The van der Waals surface area contributed by atoms with Gasteiger partial charge in [0.15, 0.2) is 0 Å². The molecule has 0 bridgehead atoms. The molecule has 0 atom stereocenters. The number of alkyl halides is 1. The number of halogens is 1. The van der Waals surface area contributed by atoms with Crippen molar-refractivity contribution in [1.82, 2.24) is 0 Å². The molecule has 0 amide bonds. The minimum atomic E-state index is 0.617. The predicted molar refractivity (Wildman–Crippen MR) is 65.9 cm³/mol. The van der Waals surface area contributed by atoms with E-state index >= 15 is 0 Å². The van der Waals surface area contributed by atoms with E-state index in [9.17, 15) is 0 Å². The third-order valence-electron chi connectivity index (χ3n) is 2.01. The zero-order valence-corrected chi connectivity index (χ0v) is 10.6. The summed E-state index contributed by atoms with van der Waals surface area (Å²) in [6.07, 6.45) is 1.05. The number of ether oxygens (including phenoxy) is 2. The van der Waals surface area contributed by atoms with Crippen molar-refractivity contribution < 1.29 is 9.47 Å². The van der Waals surface area contributed by atoms with E-state index in [1.165, 1.54) is 5.56 Å². The number of benzene rings is 1. The molecule has 0 aliphatic rings. The Labute approximate surface area is 99.7 Å². The molecule has 0 heterocycles. The standard InChI is InChI=1S/C12H17BrO2/c1-2-14-9-10-15-12-5-3-11(4-6-12)7-8-13/h3-6H,2,7-10H2,1H3. The van der Waals surface area contributed by atoms with Crippen LogP contribution in [-0.2, 0) is 11.2 Å². The van der Waals surface area contributed by atoms with Crippen molar-refractivity contribution in [3.63, 3.8) is 0 Å². The fraction of sp³-hybridized carbons (Fsp3) is 0.500. The Morgan fingerprint density at radius 3 is 2.47 bits per heavy atom. The second kappa shape index (κ2) is 7.71. The lowest BCUT2D eigenvalue weighted by atomic mass is 10.2. The average molecular weight is 273 g/mol. The van der Waals surface area contributed by atoms with Gasteiger partial charge in [0.05, 0.1) is 6.61 Å². The van der Waals surface area contributed by atoms with Crippen LogP contribution in [0.2, 0.25) is 0 Å². The first kappa shape index (κ1) is 12.5. The molecule has 3 heteroatoms. The molecular weight excluding hydrogens is 256 g/mol. The number of rotatable bonds is 7. The first-order chi connectivity index (χ1) is 7.36. The van der Waals surface area contributed by atoms with Gasteiger partial charge in [0.1, 0.15) is 12.4 Å². The van der Waals surface area contributed by atoms with E-state index in [2.05, 4.69) is 28.1 Å². The maximum atomic E-state index is 5.50. The molecule has 1 aromatic rings. The Morgan fingerprint density at radius 1 is 1.13 bits per heavy atom. The van der Waals surface area contributed by atoms with Crippen LogP contribution in [0.3, 0.4) is 0 Å². The average Bonchev–Trinajstić information content (AvgIpc) is 2.27. The highest BCUT2D eigenvalue weighted by Crippen LogP contribution is 2.12. The minimum absolute atomic E-state index is 0.617. The lowest BCUT2D eigenvalue weighted by Crippen LogP contribution is -2.06. The van der Waals surface area contributed by atoms with E-state index in [-0.39, 0.29) is 0 Å². The molecule has 0 unspecified atom stereocenters. The van der Waals surface area contributed by atoms with Crippen molar-refractivity contribution in [1.29, 1.82) is 0 Å². The van der Waals surface area contributed by atoms with E-state index in [4.69, 9.17) is 9.47 Å². The van der Waals surface area contributed by atoms with E-state index in [0.717, 1.165) is 24.1 Å². The van der Waals surface area contributed by atoms with Crippen LogP contribution in [0.15, 0.2) is 24.3 Å². The molecule has 0 fully saturated rings. The second-order valence-electron chi connectivity index (χ2n) is 3.13. The predicted octanol–water partition coefficient (Wildman–Crippen LogP) is 3.04. The van der Waals surface area contributed by atoms with Gasteiger partial charge in [-0.15, -0.1) is 0 Å². The smallest absolute Gasteiger partial charge is 0.119 e. The van der Waals surface area contributed by atoms with E-state index in [1.807, 2.05) is 19.1 Å². The summed E-state index contributed by atoms with van der Waals surface area (Å²) in [7, 11) is 0. The van der Waals surface area contributed by atoms with Gasteiger partial charge in [-0.1, -0.05) is 28.1 Å². The summed E-state index contributed by atoms with van der Waals surface area (Å²) < 4.78 is 10.7. The fourth-order valence-electron chi connectivity index (χ4n) is 1.22. The molecule has 0 N–H and O–H groups in total. The summed E-state index contributed by atoms with van der Waals surface area (Å²) in [4.78, 5) is 0. The highest BCUT2D eigenvalue weighted by molar-refractivity contribution is 9.09. The van der Waals surface area contributed by atoms with Crippen LogP contribution in [0, 0.1) is 0 Å². The molecule has 84 valence electrons. The summed E-state index contributed by atoms with van der Waals surface area (Å²) in [6.45, 7) is 3.99. The van der Waals surface area contributed by atoms with Gasteiger partial charge in [0, 0.05) is 11.9 Å². The van der Waals surface area contributed by atoms with Crippen LogP contribution < -0.4 is 4.74 Å². The van der Waals surface area contributed by atoms with Crippen molar-refractivity contribution in [3.05, 3.63) is 29.8 Å². The van der Waals surface area contributed by atoms with Gasteiger partial charge in [-0.25, -0.2) is 0 Å². The highest BCUT2D eigenvalue weighted by Gasteiger charge is 1.95. The quantitative estimate of drug-likeness (QED) is 0.561. The van der Waals surface area contributed by atoms with Crippen molar-refractivity contribution in [2.75, 3.05) is 25.2 Å². The molecule has 1 aromatic carbocycles. The topological polar surface area (TPSA) is 18.5 Å². The van der Waals surface area contributed by atoms with Crippen LogP contribution in [-0.4, -0.2) is 25.2 Å². The lowest BCUT2D eigenvalue weighted by molar-refractivity contribution is 0.110. The summed E-state index contributed by atoms with van der Waals surface area (Å²) in [5, 5.41) is 0.998. The minimum Gasteiger partial charge on any atom is -0.491 e. The van der Waals surface area contributed by atoms with Crippen LogP contribution in [0.25, 0.3) is 0 Å². The molecule has 0 saturated heterocycles. The number of hydrogen-bond acceptors (Lipinski definition) is 2. The van der Waals surface area contributed by atoms with Gasteiger partial charge in [-0.3, -0.25) is 0 Å². The zero-order chi connectivity index (χ0) is 10.9. The maximum Gasteiger partial charge on any atom is 0.119 e. The van der Waals surface area contributed by atoms with Gasteiger partial charge < -0.3 is 9.47 Å². The summed E-state index contributed by atoms with van der Waals surface area (Å²) in [5.74, 6) is 0.910. The largest absolute Gasteiger partial charge is 0.491 e. The SMILES string of the molecule is CCOCCOc1ccc(CCBr)cc1.